The summed E-state index contributed by atoms with van der Waals surface area (Å²) in [6.07, 6.45) is 7.02. The molecule has 6 nitrogen and oxygen atoms in total. The lowest BCUT2D eigenvalue weighted by molar-refractivity contribution is 0.0601. The van der Waals surface area contributed by atoms with Gasteiger partial charge < -0.3 is 10.1 Å². The summed E-state index contributed by atoms with van der Waals surface area (Å²) in [6.45, 7) is 6.67. The molecule has 0 aliphatic rings. The van der Waals surface area contributed by atoms with Gasteiger partial charge in [0, 0.05) is 18.1 Å². The zero-order valence-corrected chi connectivity index (χ0v) is 18.9. The number of carbonyl (C=O) groups is 1. The molecular formula is C26H28N4O2. The fourth-order valence-corrected chi connectivity index (χ4v) is 3.67. The van der Waals surface area contributed by atoms with Gasteiger partial charge in [0.2, 0.25) is 0 Å². The smallest absolute Gasteiger partial charge is 0.337 e. The summed E-state index contributed by atoms with van der Waals surface area (Å²) in [6, 6.07) is 16.1. The standard InChI is InChI=1S/C26H28N4O2/c1-26(2,3)20-11-8-18(9-12-20)10-13-22-24(30-15-14-27-17-23(30)29-22)28-21-7-5-6-19(16-21)25(31)32-4/h5-9,11-12,14-17,28H,10,13H2,1-4H3. The highest BCUT2D eigenvalue weighted by Gasteiger charge is 2.15. The minimum atomic E-state index is -0.366. The van der Waals surface area contributed by atoms with Crippen molar-refractivity contribution in [2.75, 3.05) is 12.4 Å². The van der Waals surface area contributed by atoms with Crippen molar-refractivity contribution in [3.63, 3.8) is 0 Å². The van der Waals surface area contributed by atoms with Crippen molar-refractivity contribution < 1.29 is 9.53 Å². The summed E-state index contributed by atoms with van der Waals surface area (Å²) in [4.78, 5) is 20.9. The normalized spacial score (nSPS) is 11.5. The number of aromatic nitrogens is 3. The molecule has 0 saturated carbocycles. The molecule has 2 heterocycles. The molecule has 4 rings (SSSR count). The molecule has 0 unspecified atom stereocenters. The van der Waals surface area contributed by atoms with E-state index in [1.54, 1.807) is 24.5 Å². The molecule has 0 amide bonds. The molecule has 2 aromatic carbocycles. The number of esters is 1. The Kier molecular flexibility index (Phi) is 5.95. The number of ether oxygens (including phenoxy) is 1. The molecule has 0 aliphatic heterocycles. The van der Waals surface area contributed by atoms with Crippen LogP contribution in [0.3, 0.4) is 0 Å². The molecule has 0 fully saturated rings. The number of benzene rings is 2. The van der Waals surface area contributed by atoms with Crippen molar-refractivity contribution >= 4 is 23.1 Å². The number of rotatable bonds is 6. The summed E-state index contributed by atoms with van der Waals surface area (Å²) in [5, 5.41) is 3.45. The van der Waals surface area contributed by atoms with Gasteiger partial charge in [-0.15, -0.1) is 0 Å². The minimum absolute atomic E-state index is 0.142. The van der Waals surface area contributed by atoms with Gasteiger partial charge in [0.25, 0.3) is 0 Å². The van der Waals surface area contributed by atoms with Gasteiger partial charge in [0.05, 0.1) is 24.6 Å². The van der Waals surface area contributed by atoms with Crippen LogP contribution in [-0.2, 0) is 23.0 Å². The summed E-state index contributed by atoms with van der Waals surface area (Å²) >= 11 is 0. The first-order valence-electron chi connectivity index (χ1n) is 10.7. The van der Waals surface area contributed by atoms with Crippen LogP contribution >= 0.6 is 0 Å². The van der Waals surface area contributed by atoms with Crippen LogP contribution in [0.4, 0.5) is 11.5 Å². The van der Waals surface area contributed by atoms with Gasteiger partial charge in [-0.05, 0) is 47.6 Å². The molecule has 0 saturated heterocycles. The van der Waals surface area contributed by atoms with Crippen LogP contribution in [0.2, 0.25) is 0 Å². The van der Waals surface area contributed by atoms with Gasteiger partial charge in [-0.2, -0.15) is 0 Å². The maximum absolute atomic E-state index is 11.9. The molecular weight excluding hydrogens is 400 g/mol. The number of anilines is 2. The van der Waals surface area contributed by atoms with Gasteiger partial charge in [-0.1, -0.05) is 51.1 Å². The molecule has 6 heteroatoms. The SMILES string of the molecule is COC(=O)c1cccc(Nc2c(CCc3ccc(C(C)(C)C)cc3)nc3cnccn23)c1. The van der Waals surface area contributed by atoms with Crippen molar-refractivity contribution in [1.29, 1.82) is 0 Å². The number of fused-ring (bicyclic) bond motifs is 1. The van der Waals surface area contributed by atoms with Crippen LogP contribution in [0.5, 0.6) is 0 Å². The van der Waals surface area contributed by atoms with E-state index in [0.717, 1.165) is 35.7 Å². The maximum Gasteiger partial charge on any atom is 0.337 e. The monoisotopic (exact) mass is 428 g/mol. The van der Waals surface area contributed by atoms with E-state index in [1.165, 1.54) is 18.2 Å². The quantitative estimate of drug-likeness (QED) is 0.420. The molecule has 2 aromatic heterocycles. The number of nitrogens with one attached hydrogen (secondary N) is 1. The summed E-state index contributed by atoms with van der Waals surface area (Å²) in [5.41, 5.74) is 5.75. The lowest BCUT2D eigenvalue weighted by atomic mass is 9.86. The molecule has 164 valence electrons. The highest BCUT2D eigenvalue weighted by molar-refractivity contribution is 5.90. The van der Waals surface area contributed by atoms with Gasteiger partial charge >= 0.3 is 5.97 Å². The Morgan fingerprint density at radius 1 is 1.09 bits per heavy atom. The molecule has 0 spiro atoms. The number of hydrogen-bond acceptors (Lipinski definition) is 5. The van der Waals surface area contributed by atoms with Crippen LogP contribution in [0.25, 0.3) is 5.65 Å². The van der Waals surface area contributed by atoms with E-state index in [4.69, 9.17) is 9.72 Å². The zero-order chi connectivity index (χ0) is 22.7. The fourth-order valence-electron chi connectivity index (χ4n) is 3.67. The first-order chi connectivity index (χ1) is 15.3. The van der Waals surface area contributed by atoms with E-state index in [9.17, 15) is 4.79 Å². The Bertz CT molecular complexity index is 1240. The Hall–Kier alpha value is -3.67. The average Bonchev–Trinajstić information content (AvgIpc) is 3.14. The molecule has 4 aromatic rings. The van der Waals surface area contributed by atoms with Gasteiger partial charge in [0.15, 0.2) is 5.65 Å². The Labute approximate surface area is 188 Å². The van der Waals surface area contributed by atoms with Crippen molar-refractivity contribution in [1.82, 2.24) is 14.4 Å². The highest BCUT2D eigenvalue weighted by atomic mass is 16.5. The van der Waals surface area contributed by atoms with Crippen LogP contribution in [-0.4, -0.2) is 27.4 Å². The van der Waals surface area contributed by atoms with Crippen molar-refractivity contribution in [2.45, 2.75) is 39.0 Å². The summed E-state index contributed by atoms with van der Waals surface area (Å²) < 4.78 is 6.83. The third kappa shape index (κ3) is 4.64. The molecule has 1 N–H and O–H groups in total. The number of carbonyl (C=O) groups excluding carboxylic acids is 1. The van der Waals surface area contributed by atoms with Crippen molar-refractivity contribution in [2.24, 2.45) is 0 Å². The summed E-state index contributed by atoms with van der Waals surface area (Å²) in [7, 11) is 1.38. The molecule has 0 bridgehead atoms. The molecule has 0 aliphatic carbocycles. The average molecular weight is 429 g/mol. The minimum Gasteiger partial charge on any atom is -0.465 e. The summed E-state index contributed by atoms with van der Waals surface area (Å²) in [5.74, 6) is 0.505. The Morgan fingerprint density at radius 2 is 1.88 bits per heavy atom. The predicted octanol–water partition coefficient (Wildman–Crippen LogP) is 5.34. The number of methoxy groups -OCH3 is 1. The Morgan fingerprint density at radius 3 is 2.59 bits per heavy atom. The van der Waals surface area contributed by atoms with Crippen LogP contribution in [0.15, 0.2) is 67.1 Å². The third-order valence-corrected chi connectivity index (χ3v) is 5.52. The molecule has 32 heavy (non-hydrogen) atoms. The van der Waals surface area contributed by atoms with Crippen molar-refractivity contribution in [3.8, 4) is 0 Å². The largest absolute Gasteiger partial charge is 0.465 e. The topological polar surface area (TPSA) is 68.5 Å². The lowest BCUT2D eigenvalue weighted by Crippen LogP contribution is -2.10. The van der Waals surface area contributed by atoms with Crippen LogP contribution < -0.4 is 5.32 Å². The second-order valence-electron chi connectivity index (χ2n) is 8.86. The fraction of sp³-hybridized carbons (Fsp3) is 0.269. The van der Waals surface area contributed by atoms with Gasteiger partial charge in [-0.25, -0.2) is 9.78 Å². The third-order valence-electron chi connectivity index (χ3n) is 5.52. The first-order valence-corrected chi connectivity index (χ1v) is 10.7. The van der Waals surface area contributed by atoms with Gasteiger partial charge in [0.1, 0.15) is 5.82 Å². The van der Waals surface area contributed by atoms with Crippen LogP contribution in [0, 0.1) is 0 Å². The highest BCUT2D eigenvalue weighted by Crippen LogP contribution is 2.26. The molecule has 0 atom stereocenters. The second-order valence-corrected chi connectivity index (χ2v) is 8.86. The maximum atomic E-state index is 11.9. The first kappa shape index (κ1) is 21.6. The van der Waals surface area contributed by atoms with Gasteiger partial charge in [-0.3, -0.25) is 9.38 Å². The number of nitrogens with zero attached hydrogens (tertiary/aromatic N) is 3. The second kappa shape index (κ2) is 8.83. The van der Waals surface area contributed by atoms with Crippen LogP contribution in [0.1, 0.15) is 48.0 Å². The van der Waals surface area contributed by atoms with E-state index in [1.807, 2.05) is 22.7 Å². The Balaban J connectivity index is 1.60. The number of hydrogen-bond donors (Lipinski definition) is 1. The number of aryl methyl sites for hydroxylation is 2. The number of imidazole rings is 1. The predicted molar refractivity (Wildman–Crippen MR) is 127 cm³/mol. The molecule has 0 radical (unpaired) electrons. The lowest BCUT2D eigenvalue weighted by Gasteiger charge is -2.19. The van der Waals surface area contributed by atoms with Crippen molar-refractivity contribution in [3.05, 3.63) is 89.5 Å². The van der Waals surface area contributed by atoms with E-state index >= 15 is 0 Å². The van der Waals surface area contributed by atoms with E-state index in [-0.39, 0.29) is 11.4 Å². The zero-order valence-electron chi connectivity index (χ0n) is 18.9. The van der Waals surface area contributed by atoms with E-state index in [2.05, 4.69) is 55.3 Å². The van der Waals surface area contributed by atoms with E-state index in [0.29, 0.717) is 5.56 Å². The van der Waals surface area contributed by atoms with E-state index < -0.39 is 0 Å².